The molecule has 0 aliphatic carbocycles. The Morgan fingerprint density at radius 3 is 1.74 bits per heavy atom. The first kappa shape index (κ1) is 16.0. The Balaban J connectivity index is 2.06. The van der Waals surface area contributed by atoms with E-state index in [1.54, 1.807) is 0 Å². The molecule has 0 radical (unpaired) electrons. The monoisotopic (exact) mass is 364 g/mol. The SMILES string of the molecule is Cc1ccc(C(c2ccc(Br)cc2)C(C)c2ccccc2)cc1. The lowest BCUT2D eigenvalue weighted by Gasteiger charge is -2.26. The zero-order valence-corrected chi connectivity index (χ0v) is 15.1. The molecule has 0 heterocycles. The Kier molecular flexibility index (Phi) is 4.97. The molecule has 0 nitrogen and oxygen atoms in total. The second kappa shape index (κ2) is 7.14. The summed E-state index contributed by atoms with van der Waals surface area (Å²) in [6.07, 6.45) is 0. The molecule has 2 atom stereocenters. The fraction of sp³-hybridized carbons (Fsp3) is 0.182. The highest BCUT2D eigenvalue weighted by molar-refractivity contribution is 9.10. The van der Waals surface area contributed by atoms with E-state index in [1.165, 1.54) is 22.3 Å². The van der Waals surface area contributed by atoms with Crippen LogP contribution in [0.5, 0.6) is 0 Å². The molecule has 0 aliphatic rings. The summed E-state index contributed by atoms with van der Waals surface area (Å²) in [4.78, 5) is 0. The van der Waals surface area contributed by atoms with Crippen LogP contribution in [0.3, 0.4) is 0 Å². The Morgan fingerprint density at radius 2 is 1.17 bits per heavy atom. The van der Waals surface area contributed by atoms with Crippen LogP contribution in [0.2, 0.25) is 0 Å². The molecular weight excluding hydrogens is 344 g/mol. The van der Waals surface area contributed by atoms with Gasteiger partial charge in [-0.15, -0.1) is 0 Å². The summed E-state index contributed by atoms with van der Waals surface area (Å²) in [5, 5.41) is 0. The quantitative estimate of drug-likeness (QED) is 0.483. The van der Waals surface area contributed by atoms with Crippen molar-refractivity contribution in [1.29, 1.82) is 0 Å². The van der Waals surface area contributed by atoms with Crippen molar-refractivity contribution in [3.05, 3.63) is 106 Å². The minimum atomic E-state index is 0.353. The molecule has 0 aromatic heterocycles. The van der Waals surface area contributed by atoms with E-state index in [4.69, 9.17) is 0 Å². The van der Waals surface area contributed by atoms with E-state index in [-0.39, 0.29) is 0 Å². The third-order valence-electron chi connectivity index (χ3n) is 4.49. The Labute approximate surface area is 147 Å². The van der Waals surface area contributed by atoms with Gasteiger partial charge in [-0.2, -0.15) is 0 Å². The molecule has 3 aromatic rings. The van der Waals surface area contributed by atoms with Crippen LogP contribution in [0.25, 0.3) is 0 Å². The van der Waals surface area contributed by atoms with Gasteiger partial charge in [0.1, 0.15) is 0 Å². The maximum Gasteiger partial charge on any atom is 0.0175 e. The first-order chi connectivity index (χ1) is 11.1. The Hall–Kier alpha value is -1.86. The molecule has 0 bridgehead atoms. The van der Waals surface area contributed by atoms with Crippen LogP contribution in [0.15, 0.2) is 83.3 Å². The van der Waals surface area contributed by atoms with Gasteiger partial charge in [0.2, 0.25) is 0 Å². The van der Waals surface area contributed by atoms with Crippen LogP contribution >= 0.6 is 15.9 Å². The number of benzene rings is 3. The van der Waals surface area contributed by atoms with Gasteiger partial charge in [-0.05, 0) is 41.7 Å². The molecule has 0 spiro atoms. The summed E-state index contributed by atoms with van der Waals surface area (Å²) in [6, 6.07) is 28.5. The summed E-state index contributed by atoms with van der Waals surface area (Å²) in [6.45, 7) is 4.46. The van der Waals surface area contributed by atoms with Crippen molar-refractivity contribution in [2.75, 3.05) is 0 Å². The molecule has 1 heteroatoms. The fourth-order valence-corrected chi connectivity index (χ4v) is 3.43. The molecule has 0 saturated carbocycles. The van der Waals surface area contributed by atoms with Gasteiger partial charge in [0, 0.05) is 10.4 Å². The Morgan fingerprint density at radius 1 is 0.652 bits per heavy atom. The lowest BCUT2D eigenvalue weighted by atomic mass is 9.78. The zero-order chi connectivity index (χ0) is 16.2. The molecule has 0 aliphatic heterocycles. The fourth-order valence-electron chi connectivity index (χ4n) is 3.16. The van der Waals surface area contributed by atoms with Crippen molar-refractivity contribution < 1.29 is 0 Å². The minimum absolute atomic E-state index is 0.353. The summed E-state index contributed by atoms with van der Waals surface area (Å²) < 4.78 is 1.12. The predicted octanol–water partition coefficient (Wildman–Crippen LogP) is 6.69. The third-order valence-corrected chi connectivity index (χ3v) is 5.02. The third kappa shape index (κ3) is 3.73. The summed E-state index contributed by atoms with van der Waals surface area (Å²) in [5.74, 6) is 0.770. The van der Waals surface area contributed by atoms with Crippen molar-refractivity contribution in [3.63, 3.8) is 0 Å². The van der Waals surface area contributed by atoms with E-state index in [0.717, 1.165) is 4.47 Å². The molecule has 3 aromatic carbocycles. The highest BCUT2D eigenvalue weighted by Crippen LogP contribution is 2.38. The lowest BCUT2D eigenvalue weighted by molar-refractivity contribution is 0.657. The van der Waals surface area contributed by atoms with Crippen molar-refractivity contribution in [1.82, 2.24) is 0 Å². The average Bonchev–Trinajstić information content (AvgIpc) is 2.59. The van der Waals surface area contributed by atoms with Crippen molar-refractivity contribution >= 4 is 15.9 Å². The first-order valence-electron chi connectivity index (χ1n) is 8.02. The van der Waals surface area contributed by atoms with Gasteiger partial charge in [-0.25, -0.2) is 0 Å². The van der Waals surface area contributed by atoms with Gasteiger partial charge in [-0.3, -0.25) is 0 Å². The van der Waals surface area contributed by atoms with Crippen molar-refractivity contribution in [2.24, 2.45) is 0 Å². The van der Waals surface area contributed by atoms with E-state index in [2.05, 4.69) is 109 Å². The molecular formula is C22H21Br. The highest BCUT2D eigenvalue weighted by Gasteiger charge is 2.22. The summed E-state index contributed by atoms with van der Waals surface area (Å²) in [5.41, 5.74) is 5.40. The minimum Gasteiger partial charge on any atom is -0.0622 e. The van der Waals surface area contributed by atoms with E-state index >= 15 is 0 Å². The van der Waals surface area contributed by atoms with Gasteiger partial charge in [0.25, 0.3) is 0 Å². The van der Waals surface area contributed by atoms with E-state index in [1.807, 2.05) is 0 Å². The Bertz CT molecular complexity index is 697. The number of rotatable bonds is 4. The highest BCUT2D eigenvalue weighted by atomic mass is 79.9. The molecule has 2 unspecified atom stereocenters. The van der Waals surface area contributed by atoms with Crippen LogP contribution in [-0.4, -0.2) is 0 Å². The van der Waals surface area contributed by atoms with Gasteiger partial charge < -0.3 is 0 Å². The van der Waals surface area contributed by atoms with E-state index in [9.17, 15) is 0 Å². The average molecular weight is 365 g/mol. The number of hydrogen-bond acceptors (Lipinski definition) is 0. The molecule has 23 heavy (non-hydrogen) atoms. The van der Waals surface area contributed by atoms with E-state index < -0.39 is 0 Å². The molecule has 116 valence electrons. The number of hydrogen-bond donors (Lipinski definition) is 0. The van der Waals surface area contributed by atoms with Crippen LogP contribution in [0.4, 0.5) is 0 Å². The summed E-state index contributed by atoms with van der Waals surface area (Å²) in [7, 11) is 0. The smallest absolute Gasteiger partial charge is 0.0175 e. The standard InChI is InChI=1S/C22H21Br/c1-16-8-10-19(11-9-16)22(20-12-14-21(23)15-13-20)17(2)18-6-4-3-5-7-18/h3-15,17,22H,1-2H3. The number of halogens is 1. The van der Waals surface area contributed by atoms with Crippen LogP contribution in [-0.2, 0) is 0 Å². The van der Waals surface area contributed by atoms with Crippen molar-refractivity contribution in [3.8, 4) is 0 Å². The second-order valence-corrected chi connectivity index (χ2v) is 7.05. The molecule has 0 fully saturated rings. The summed E-state index contributed by atoms with van der Waals surface area (Å²) >= 11 is 3.54. The molecule has 0 amide bonds. The zero-order valence-electron chi connectivity index (χ0n) is 13.5. The lowest BCUT2D eigenvalue weighted by Crippen LogP contribution is -2.10. The normalized spacial score (nSPS) is 13.5. The van der Waals surface area contributed by atoms with Crippen LogP contribution < -0.4 is 0 Å². The molecule has 3 rings (SSSR count). The van der Waals surface area contributed by atoms with Crippen LogP contribution in [0, 0.1) is 6.92 Å². The maximum absolute atomic E-state index is 3.54. The van der Waals surface area contributed by atoms with Gasteiger partial charge in [0.05, 0.1) is 0 Å². The van der Waals surface area contributed by atoms with Crippen molar-refractivity contribution in [2.45, 2.75) is 25.7 Å². The molecule has 0 N–H and O–H groups in total. The van der Waals surface area contributed by atoms with E-state index in [0.29, 0.717) is 11.8 Å². The van der Waals surface area contributed by atoms with Gasteiger partial charge in [0.15, 0.2) is 0 Å². The van der Waals surface area contributed by atoms with Crippen LogP contribution in [0.1, 0.15) is 41.0 Å². The topological polar surface area (TPSA) is 0 Å². The second-order valence-electron chi connectivity index (χ2n) is 6.14. The van der Waals surface area contributed by atoms with Gasteiger partial charge >= 0.3 is 0 Å². The maximum atomic E-state index is 3.54. The molecule has 0 saturated heterocycles. The first-order valence-corrected chi connectivity index (χ1v) is 8.81. The predicted molar refractivity (Wildman–Crippen MR) is 102 cm³/mol. The largest absolute Gasteiger partial charge is 0.0622 e. The number of aryl methyl sites for hydroxylation is 1. The van der Waals surface area contributed by atoms with Gasteiger partial charge in [-0.1, -0.05) is 95.1 Å².